The number of thiazole rings is 1. The number of imide groups is 1. The first kappa shape index (κ1) is 22.0. The van der Waals surface area contributed by atoms with E-state index in [1.807, 2.05) is 17.5 Å². The molecule has 1 aliphatic rings. The largest absolute Gasteiger partial charge is 0.298 e. The Kier molecular flexibility index (Phi) is 5.99. The van der Waals surface area contributed by atoms with E-state index in [0.717, 1.165) is 28.6 Å². The molecule has 1 saturated heterocycles. The molecule has 1 aromatic heterocycles. The molecule has 0 saturated carbocycles. The third-order valence-corrected chi connectivity index (χ3v) is 6.45. The minimum atomic E-state index is -0.408. The minimum absolute atomic E-state index is 0.0888. The van der Waals surface area contributed by atoms with E-state index in [1.165, 1.54) is 16.9 Å². The monoisotopic (exact) mass is 463 g/mol. The first-order valence-corrected chi connectivity index (χ1v) is 11.6. The van der Waals surface area contributed by atoms with Crippen molar-refractivity contribution in [3.63, 3.8) is 0 Å². The molecule has 2 heterocycles. The third-order valence-electron chi connectivity index (χ3n) is 4.88. The fraction of sp³-hybridized carbons (Fsp3) is 0.167. The van der Waals surface area contributed by atoms with Crippen LogP contribution in [0.1, 0.15) is 42.3 Å². The maximum Gasteiger partial charge on any atom is 0.290 e. The number of carbonyl (C=O) groups excluding carboxylic acids is 3. The van der Waals surface area contributed by atoms with Crippen molar-refractivity contribution in [3.8, 4) is 11.3 Å². The molecule has 4 rings (SSSR count). The molecule has 3 aromatic rings. The first-order valence-electron chi connectivity index (χ1n) is 9.92. The number of carbonyl (C=O) groups is 3. The quantitative estimate of drug-likeness (QED) is 0.486. The zero-order chi connectivity index (χ0) is 22.9. The minimum Gasteiger partial charge on any atom is -0.298 e. The van der Waals surface area contributed by atoms with E-state index in [1.54, 1.807) is 30.3 Å². The van der Waals surface area contributed by atoms with Gasteiger partial charge in [-0.15, -0.1) is 11.3 Å². The lowest BCUT2D eigenvalue weighted by Gasteiger charge is -2.18. The number of anilines is 1. The van der Waals surface area contributed by atoms with Crippen molar-refractivity contribution in [1.82, 2.24) is 10.3 Å². The highest BCUT2D eigenvalue weighted by atomic mass is 32.2. The van der Waals surface area contributed by atoms with E-state index in [2.05, 4.69) is 48.5 Å². The van der Waals surface area contributed by atoms with Crippen molar-refractivity contribution in [2.45, 2.75) is 26.2 Å². The molecule has 8 heteroatoms. The number of nitrogens with zero attached hydrogens (tertiary/aromatic N) is 1. The van der Waals surface area contributed by atoms with Crippen LogP contribution in [-0.4, -0.2) is 22.0 Å². The Morgan fingerprint density at radius 2 is 1.72 bits per heavy atom. The lowest BCUT2D eigenvalue weighted by Crippen LogP contribution is -2.17. The summed E-state index contributed by atoms with van der Waals surface area (Å²) in [6.07, 6.45) is 1.62. The van der Waals surface area contributed by atoms with Gasteiger partial charge in [0.2, 0.25) is 0 Å². The highest BCUT2D eigenvalue weighted by Gasteiger charge is 2.24. The molecular formula is C24H21N3O3S2. The van der Waals surface area contributed by atoms with Gasteiger partial charge in [0.25, 0.3) is 17.1 Å². The number of hydrogen-bond acceptors (Lipinski definition) is 6. The number of rotatable bonds is 4. The van der Waals surface area contributed by atoms with Gasteiger partial charge in [-0.25, -0.2) is 4.98 Å². The second-order valence-corrected chi connectivity index (χ2v) is 10.2. The number of hydrogen-bond donors (Lipinski definition) is 2. The molecule has 0 radical (unpaired) electrons. The van der Waals surface area contributed by atoms with Gasteiger partial charge in [-0.1, -0.05) is 57.2 Å². The normalized spacial score (nSPS) is 15.2. The summed E-state index contributed by atoms with van der Waals surface area (Å²) in [5.41, 5.74) is 4.35. The van der Waals surface area contributed by atoms with Crippen LogP contribution >= 0.6 is 23.1 Å². The van der Waals surface area contributed by atoms with Crippen LogP contribution in [0, 0.1) is 0 Å². The van der Waals surface area contributed by atoms with Crippen LogP contribution in [0.25, 0.3) is 17.3 Å². The highest BCUT2D eigenvalue weighted by Crippen LogP contribution is 2.29. The van der Waals surface area contributed by atoms with Crippen molar-refractivity contribution in [1.29, 1.82) is 0 Å². The van der Waals surface area contributed by atoms with Gasteiger partial charge in [0.1, 0.15) is 0 Å². The smallest absolute Gasteiger partial charge is 0.290 e. The average Bonchev–Trinajstić information content (AvgIpc) is 3.34. The molecule has 6 nitrogen and oxygen atoms in total. The topological polar surface area (TPSA) is 88.2 Å². The highest BCUT2D eigenvalue weighted by molar-refractivity contribution is 8.18. The predicted octanol–water partition coefficient (Wildman–Crippen LogP) is 5.68. The summed E-state index contributed by atoms with van der Waals surface area (Å²) in [5.74, 6) is -0.675. The number of thioether (sulfide) groups is 1. The van der Waals surface area contributed by atoms with E-state index in [-0.39, 0.29) is 16.6 Å². The molecule has 1 aliphatic heterocycles. The van der Waals surface area contributed by atoms with Crippen molar-refractivity contribution >= 4 is 51.4 Å². The Labute approximate surface area is 194 Å². The van der Waals surface area contributed by atoms with Gasteiger partial charge in [-0.2, -0.15) is 0 Å². The lowest BCUT2D eigenvalue weighted by atomic mass is 9.86. The van der Waals surface area contributed by atoms with Crippen LogP contribution in [0.15, 0.2) is 58.8 Å². The number of nitrogens with one attached hydrogen (secondary N) is 2. The zero-order valence-corrected chi connectivity index (χ0v) is 19.4. The van der Waals surface area contributed by atoms with Crippen LogP contribution in [0.2, 0.25) is 0 Å². The Balaban J connectivity index is 1.42. The molecule has 162 valence electrons. The van der Waals surface area contributed by atoms with Crippen LogP contribution in [0.5, 0.6) is 0 Å². The number of amides is 3. The van der Waals surface area contributed by atoms with E-state index >= 15 is 0 Å². The summed E-state index contributed by atoms with van der Waals surface area (Å²) in [5, 5.41) is 7.10. The molecule has 2 aromatic carbocycles. The summed E-state index contributed by atoms with van der Waals surface area (Å²) in [7, 11) is 0. The molecule has 0 aliphatic carbocycles. The molecule has 32 heavy (non-hydrogen) atoms. The van der Waals surface area contributed by atoms with Crippen molar-refractivity contribution in [2.75, 3.05) is 5.32 Å². The first-order chi connectivity index (χ1) is 15.2. The molecule has 2 N–H and O–H groups in total. The SMILES string of the molecule is CC(C)(C)c1ccc(-c2csc(NC(=O)c3ccc(/C=C4\SC(=O)NC4=O)cc3)n2)cc1. The van der Waals surface area contributed by atoms with E-state index in [4.69, 9.17) is 0 Å². The van der Waals surface area contributed by atoms with Crippen LogP contribution < -0.4 is 10.6 Å². The number of benzene rings is 2. The summed E-state index contributed by atoms with van der Waals surface area (Å²) in [6, 6.07) is 15.1. The van der Waals surface area contributed by atoms with Gasteiger partial charge in [0, 0.05) is 16.5 Å². The van der Waals surface area contributed by atoms with E-state index < -0.39 is 5.91 Å². The fourth-order valence-corrected chi connectivity index (χ4v) is 4.47. The Morgan fingerprint density at radius 3 is 2.31 bits per heavy atom. The Hall–Kier alpha value is -3.23. The standard InChI is InChI=1S/C24H21N3O3S2/c1-24(2,3)17-10-8-15(9-11-17)18-13-31-22(25-18)26-20(28)16-6-4-14(5-7-16)12-19-21(29)27-23(30)32-19/h4-13H,1-3H3,(H,25,26,28)(H,27,29,30)/b19-12-. The zero-order valence-electron chi connectivity index (χ0n) is 17.8. The van der Waals surface area contributed by atoms with Gasteiger partial charge < -0.3 is 0 Å². The molecule has 0 unspecified atom stereocenters. The Bertz CT molecular complexity index is 1220. The molecule has 0 spiro atoms. The number of aromatic nitrogens is 1. The second-order valence-electron chi connectivity index (χ2n) is 8.29. The van der Waals surface area contributed by atoms with Gasteiger partial charge in [-0.3, -0.25) is 25.0 Å². The van der Waals surface area contributed by atoms with Crippen LogP contribution in [0.4, 0.5) is 9.93 Å². The molecule has 1 fully saturated rings. The van der Waals surface area contributed by atoms with Crippen molar-refractivity contribution in [3.05, 3.63) is 75.5 Å². The summed E-state index contributed by atoms with van der Waals surface area (Å²) >= 11 is 2.23. The predicted molar refractivity (Wildman–Crippen MR) is 130 cm³/mol. The second kappa shape index (κ2) is 8.72. The summed E-state index contributed by atoms with van der Waals surface area (Å²) in [4.78, 5) is 40.4. The molecule has 0 atom stereocenters. The Morgan fingerprint density at radius 1 is 1.03 bits per heavy atom. The van der Waals surface area contributed by atoms with Gasteiger partial charge in [-0.05, 0) is 46.5 Å². The fourth-order valence-electron chi connectivity index (χ4n) is 3.08. The van der Waals surface area contributed by atoms with Gasteiger partial charge >= 0.3 is 0 Å². The van der Waals surface area contributed by atoms with Crippen molar-refractivity contribution < 1.29 is 14.4 Å². The summed E-state index contributed by atoms with van der Waals surface area (Å²) < 4.78 is 0. The van der Waals surface area contributed by atoms with E-state index in [0.29, 0.717) is 15.6 Å². The van der Waals surface area contributed by atoms with Gasteiger partial charge in [0.15, 0.2) is 5.13 Å². The maximum atomic E-state index is 12.6. The van der Waals surface area contributed by atoms with Crippen molar-refractivity contribution in [2.24, 2.45) is 0 Å². The average molecular weight is 464 g/mol. The third kappa shape index (κ3) is 4.98. The van der Waals surface area contributed by atoms with Crippen LogP contribution in [0.3, 0.4) is 0 Å². The van der Waals surface area contributed by atoms with Crippen LogP contribution in [-0.2, 0) is 10.2 Å². The van der Waals surface area contributed by atoms with Gasteiger partial charge in [0.05, 0.1) is 10.6 Å². The molecular weight excluding hydrogens is 442 g/mol. The molecule has 0 bridgehead atoms. The summed E-state index contributed by atoms with van der Waals surface area (Å²) in [6.45, 7) is 6.52. The lowest BCUT2D eigenvalue weighted by molar-refractivity contribution is -0.115. The maximum absolute atomic E-state index is 12.6. The molecule has 3 amide bonds. The van der Waals surface area contributed by atoms with E-state index in [9.17, 15) is 14.4 Å².